The summed E-state index contributed by atoms with van der Waals surface area (Å²) in [5.74, 6) is -1.48. The predicted molar refractivity (Wildman–Crippen MR) is 61.9 cm³/mol. The number of carbonyl (C=O) groups is 2. The van der Waals surface area contributed by atoms with Gasteiger partial charge in [0.2, 0.25) is 0 Å². The number of halogens is 3. The molecule has 6 heteroatoms. The van der Waals surface area contributed by atoms with Crippen LogP contribution >= 0.6 is 0 Å². The lowest BCUT2D eigenvalue weighted by Gasteiger charge is -2.06. The Labute approximate surface area is 107 Å². The fourth-order valence-electron chi connectivity index (χ4n) is 1.31. The molecule has 0 fully saturated rings. The molecule has 0 spiro atoms. The van der Waals surface area contributed by atoms with E-state index in [1.165, 1.54) is 24.3 Å². The number of rotatable bonds is 3. The molecule has 1 aromatic carbocycles. The molecule has 0 atom stereocenters. The van der Waals surface area contributed by atoms with Crippen molar-refractivity contribution in [3.8, 4) is 0 Å². The zero-order chi connectivity index (χ0) is 14.5. The first-order valence-electron chi connectivity index (χ1n) is 5.34. The van der Waals surface area contributed by atoms with Crippen molar-refractivity contribution in [2.24, 2.45) is 0 Å². The molecule has 0 aromatic heterocycles. The van der Waals surface area contributed by atoms with E-state index in [2.05, 4.69) is 4.74 Å². The second kappa shape index (κ2) is 6.17. The maximum atomic E-state index is 12.4. The number of ether oxygens (including phenoxy) is 1. The molecule has 0 heterocycles. The van der Waals surface area contributed by atoms with E-state index < -0.39 is 23.7 Å². The average Bonchev–Trinajstić information content (AvgIpc) is 2.27. The summed E-state index contributed by atoms with van der Waals surface area (Å²) in [5, 5.41) is 0. The Morgan fingerprint density at radius 1 is 1.32 bits per heavy atom. The van der Waals surface area contributed by atoms with Crippen LogP contribution in [0.2, 0.25) is 0 Å². The highest BCUT2D eigenvalue weighted by Crippen LogP contribution is 2.29. The third-order valence-electron chi connectivity index (χ3n) is 2.07. The molecular weight excluding hydrogens is 261 g/mol. The van der Waals surface area contributed by atoms with Crippen LogP contribution in [0.1, 0.15) is 24.5 Å². The normalized spacial score (nSPS) is 11.6. The quantitative estimate of drug-likeness (QED) is 0.627. The Bertz CT molecular complexity index is 504. The molecule has 0 aliphatic heterocycles. The fourth-order valence-corrected chi connectivity index (χ4v) is 1.31. The molecule has 1 aromatic rings. The van der Waals surface area contributed by atoms with Crippen LogP contribution in [0.25, 0.3) is 6.08 Å². The Morgan fingerprint density at radius 2 is 2.00 bits per heavy atom. The van der Waals surface area contributed by atoms with E-state index in [4.69, 9.17) is 0 Å². The van der Waals surface area contributed by atoms with Gasteiger partial charge in [0.05, 0.1) is 12.0 Å². The summed E-state index contributed by atoms with van der Waals surface area (Å²) < 4.78 is 41.5. The minimum Gasteiger partial charge on any atom is -0.393 e. The lowest BCUT2D eigenvalue weighted by Crippen LogP contribution is -2.07. The van der Waals surface area contributed by atoms with Crippen LogP contribution in [-0.2, 0) is 20.5 Å². The first kappa shape index (κ1) is 14.9. The molecule has 19 heavy (non-hydrogen) atoms. The molecule has 1 rings (SSSR count). The van der Waals surface area contributed by atoms with Gasteiger partial charge in [-0.15, -0.1) is 0 Å². The first-order chi connectivity index (χ1) is 8.79. The van der Waals surface area contributed by atoms with Crippen LogP contribution in [0.5, 0.6) is 0 Å². The van der Waals surface area contributed by atoms with Gasteiger partial charge in [-0.05, 0) is 17.7 Å². The number of benzene rings is 1. The smallest absolute Gasteiger partial charge is 0.393 e. The fraction of sp³-hybridized carbons (Fsp3) is 0.231. The van der Waals surface area contributed by atoms with E-state index in [-0.39, 0.29) is 6.42 Å². The predicted octanol–water partition coefficient (Wildman–Crippen LogP) is 3.20. The van der Waals surface area contributed by atoms with Crippen LogP contribution in [0.4, 0.5) is 13.2 Å². The van der Waals surface area contributed by atoms with Gasteiger partial charge in [0.1, 0.15) is 0 Å². The highest BCUT2D eigenvalue weighted by molar-refractivity contribution is 5.85. The Kier molecular flexibility index (Phi) is 4.86. The largest absolute Gasteiger partial charge is 0.416 e. The van der Waals surface area contributed by atoms with Gasteiger partial charge in [0, 0.05) is 6.92 Å². The molecular formula is C13H11F3O3. The number of hydrogen-bond donors (Lipinski definition) is 0. The summed E-state index contributed by atoms with van der Waals surface area (Å²) >= 11 is 0. The molecule has 0 amide bonds. The summed E-state index contributed by atoms with van der Waals surface area (Å²) in [6.45, 7) is 1.09. The molecule has 0 radical (unpaired) electrons. The molecule has 0 aliphatic carbocycles. The summed E-state index contributed by atoms with van der Waals surface area (Å²) in [7, 11) is 0. The van der Waals surface area contributed by atoms with Crippen molar-refractivity contribution in [2.75, 3.05) is 0 Å². The van der Waals surface area contributed by atoms with Crippen molar-refractivity contribution < 1.29 is 27.5 Å². The summed E-state index contributed by atoms with van der Waals surface area (Å²) in [4.78, 5) is 21.4. The van der Waals surface area contributed by atoms with Gasteiger partial charge >= 0.3 is 18.1 Å². The van der Waals surface area contributed by atoms with Crippen molar-refractivity contribution in [3.05, 3.63) is 41.5 Å². The monoisotopic (exact) mass is 272 g/mol. The maximum absolute atomic E-state index is 12.4. The van der Waals surface area contributed by atoms with E-state index in [1.807, 2.05) is 0 Å². The van der Waals surface area contributed by atoms with E-state index in [9.17, 15) is 22.8 Å². The van der Waals surface area contributed by atoms with Crippen molar-refractivity contribution in [3.63, 3.8) is 0 Å². The minimum atomic E-state index is -4.41. The molecule has 0 bridgehead atoms. The summed E-state index contributed by atoms with van der Waals surface area (Å²) in [6.07, 6.45) is -1.90. The highest BCUT2D eigenvalue weighted by atomic mass is 19.4. The van der Waals surface area contributed by atoms with E-state index in [0.717, 1.165) is 19.1 Å². The summed E-state index contributed by atoms with van der Waals surface area (Å²) in [6, 6.07) is 4.67. The van der Waals surface area contributed by atoms with E-state index in [1.54, 1.807) is 0 Å². The van der Waals surface area contributed by atoms with Crippen LogP contribution in [-0.4, -0.2) is 11.9 Å². The zero-order valence-electron chi connectivity index (χ0n) is 10.0. The molecule has 102 valence electrons. The molecule has 0 aliphatic rings. The summed E-state index contributed by atoms with van der Waals surface area (Å²) in [5.41, 5.74) is -0.452. The third-order valence-corrected chi connectivity index (χ3v) is 2.07. The number of esters is 2. The van der Waals surface area contributed by atoms with Crippen LogP contribution < -0.4 is 0 Å². The molecule has 0 saturated heterocycles. The second-order valence-electron chi connectivity index (χ2n) is 3.70. The molecule has 0 saturated carbocycles. The number of alkyl halides is 3. The van der Waals surface area contributed by atoms with Gasteiger partial charge in [-0.1, -0.05) is 24.3 Å². The van der Waals surface area contributed by atoms with Crippen molar-refractivity contribution in [1.82, 2.24) is 0 Å². The van der Waals surface area contributed by atoms with Crippen molar-refractivity contribution in [1.29, 1.82) is 0 Å². The van der Waals surface area contributed by atoms with E-state index in [0.29, 0.717) is 5.56 Å². The third kappa shape index (κ3) is 5.37. The van der Waals surface area contributed by atoms with Gasteiger partial charge in [0.25, 0.3) is 0 Å². The second-order valence-corrected chi connectivity index (χ2v) is 3.70. The topological polar surface area (TPSA) is 43.4 Å². The van der Waals surface area contributed by atoms with Gasteiger partial charge in [-0.2, -0.15) is 13.2 Å². The van der Waals surface area contributed by atoms with Gasteiger partial charge in [0.15, 0.2) is 0 Å². The SMILES string of the molecule is CC(=O)OC(=O)CC=Cc1cccc(C(F)(F)F)c1. The zero-order valence-corrected chi connectivity index (χ0v) is 10.0. The van der Waals surface area contributed by atoms with Gasteiger partial charge in [-0.25, -0.2) is 0 Å². The molecule has 0 unspecified atom stereocenters. The Morgan fingerprint density at radius 3 is 2.58 bits per heavy atom. The van der Waals surface area contributed by atoms with Gasteiger partial charge < -0.3 is 4.74 Å². The standard InChI is InChI=1S/C13H11F3O3/c1-9(17)19-12(18)7-3-5-10-4-2-6-11(8-10)13(14,15)16/h2-6,8H,7H2,1H3. The Hall–Kier alpha value is -2.11. The number of hydrogen-bond acceptors (Lipinski definition) is 3. The van der Waals surface area contributed by atoms with E-state index >= 15 is 0 Å². The average molecular weight is 272 g/mol. The van der Waals surface area contributed by atoms with Crippen LogP contribution in [0, 0.1) is 0 Å². The number of carbonyl (C=O) groups excluding carboxylic acids is 2. The highest BCUT2D eigenvalue weighted by Gasteiger charge is 2.30. The Balaban J connectivity index is 2.67. The van der Waals surface area contributed by atoms with Crippen LogP contribution in [0.3, 0.4) is 0 Å². The lowest BCUT2D eigenvalue weighted by atomic mass is 10.1. The first-order valence-corrected chi connectivity index (χ1v) is 5.34. The minimum absolute atomic E-state index is 0.185. The molecule has 0 N–H and O–H groups in total. The van der Waals surface area contributed by atoms with Gasteiger partial charge in [-0.3, -0.25) is 9.59 Å². The maximum Gasteiger partial charge on any atom is 0.416 e. The van der Waals surface area contributed by atoms with Crippen LogP contribution in [0.15, 0.2) is 30.3 Å². The lowest BCUT2D eigenvalue weighted by molar-refractivity contribution is -0.157. The van der Waals surface area contributed by atoms with Crippen molar-refractivity contribution >= 4 is 18.0 Å². The molecule has 3 nitrogen and oxygen atoms in total. The van der Waals surface area contributed by atoms with Crippen molar-refractivity contribution in [2.45, 2.75) is 19.5 Å².